The highest BCUT2D eigenvalue weighted by molar-refractivity contribution is 5.80. The van der Waals surface area contributed by atoms with E-state index in [1.807, 2.05) is 0 Å². The van der Waals surface area contributed by atoms with Gasteiger partial charge in [-0.15, -0.1) is 0 Å². The van der Waals surface area contributed by atoms with Crippen LogP contribution in [0.4, 0.5) is 8.78 Å². The number of benzene rings is 1. The Bertz CT molecular complexity index is 500. The first kappa shape index (κ1) is 17.5. The van der Waals surface area contributed by atoms with E-state index in [4.69, 9.17) is 14.6 Å². The molecule has 1 unspecified atom stereocenters. The molecular formula is C16H20F2O5. The van der Waals surface area contributed by atoms with Crippen LogP contribution in [-0.2, 0) is 9.53 Å². The Morgan fingerprint density at radius 1 is 1.17 bits per heavy atom. The van der Waals surface area contributed by atoms with Gasteiger partial charge in [-0.2, -0.15) is 8.78 Å². The van der Waals surface area contributed by atoms with Crippen molar-refractivity contribution in [3.05, 3.63) is 24.3 Å². The van der Waals surface area contributed by atoms with Gasteiger partial charge in [-0.25, -0.2) is 4.79 Å². The first-order chi connectivity index (χ1) is 11.0. The van der Waals surface area contributed by atoms with Crippen LogP contribution in [-0.4, -0.2) is 36.5 Å². The zero-order valence-electron chi connectivity index (χ0n) is 12.7. The van der Waals surface area contributed by atoms with Gasteiger partial charge in [-0.05, 0) is 43.5 Å². The first-order valence-electron chi connectivity index (χ1n) is 7.57. The summed E-state index contributed by atoms with van der Waals surface area (Å²) in [5.41, 5.74) is -0.918. The molecule has 1 aliphatic rings. The van der Waals surface area contributed by atoms with Crippen LogP contribution in [0.25, 0.3) is 0 Å². The Balaban J connectivity index is 1.53. The van der Waals surface area contributed by atoms with Gasteiger partial charge in [0.25, 0.3) is 0 Å². The molecule has 2 rings (SSSR count). The lowest BCUT2D eigenvalue weighted by molar-refractivity contribution is -0.143. The van der Waals surface area contributed by atoms with Gasteiger partial charge < -0.3 is 19.3 Å². The predicted octanol–water partition coefficient (Wildman–Crippen LogP) is 3.47. The number of unbranched alkanes of at least 4 members (excludes halogenated alkanes) is 3. The van der Waals surface area contributed by atoms with E-state index in [2.05, 4.69) is 4.74 Å². The van der Waals surface area contributed by atoms with E-state index in [9.17, 15) is 13.6 Å². The van der Waals surface area contributed by atoms with Gasteiger partial charge in [0.1, 0.15) is 11.5 Å². The molecule has 0 amide bonds. The van der Waals surface area contributed by atoms with Crippen molar-refractivity contribution in [2.75, 3.05) is 13.2 Å². The van der Waals surface area contributed by atoms with Crippen LogP contribution in [0.1, 0.15) is 32.1 Å². The summed E-state index contributed by atoms with van der Waals surface area (Å²) in [7, 11) is 0. The summed E-state index contributed by atoms with van der Waals surface area (Å²) in [5.74, 6) is -0.176. The number of carboxylic acid groups (broad SMARTS) is 1. The SMILES string of the molecule is O=C(O)C1(CCCCCCOc2ccc(OC(F)F)cc2)CO1. The summed E-state index contributed by atoms with van der Waals surface area (Å²) in [6, 6.07) is 6.03. The second-order valence-corrected chi connectivity index (χ2v) is 5.45. The van der Waals surface area contributed by atoms with Gasteiger partial charge in [0, 0.05) is 0 Å². The van der Waals surface area contributed by atoms with E-state index in [0.717, 1.165) is 25.7 Å². The molecule has 5 nitrogen and oxygen atoms in total. The lowest BCUT2D eigenvalue weighted by Gasteiger charge is -2.08. The second-order valence-electron chi connectivity index (χ2n) is 5.45. The number of alkyl halides is 2. The van der Waals surface area contributed by atoms with Crippen molar-refractivity contribution in [3.63, 3.8) is 0 Å². The number of halogens is 2. The molecule has 1 aliphatic heterocycles. The molecule has 128 valence electrons. The lowest BCUT2D eigenvalue weighted by Crippen LogP contribution is -2.23. The number of hydrogen-bond donors (Lipinski definition) is 1. The van der Waals surface area contributed by atoms with Crippen molar-refractivity contribution < 1.29 is 32.9 Å². The maximum Gasteiger partial charge on any atom is 0.387 e. The van der Waals surface area contributed by atoms with Crippen molar-refractivity contribution >= 4 is 5.97 Å². The molecule has 0 bridgehead atoms. The molecule has 1 atom stereocenters. The lowest BCUT2D eigenvalue weighted by atomic mass is 10.0. The van der Waals surface area contributed by atoms with Gasteiger partial charge in [0.2, 0.25) is 0 Å². The Morgan fingerprint density at radius 2 is 1.78 bits per heavy atom. The molecule has 0 radical (unpaired) electrons. The number of hydrogen-bond acceptors (Lipinski definition) is 4. The van der Waals surface area contributed by atoms with Crippen LogP contribution in [0.15, 0.2) is 24.3 Å². The fraction of sp³-hybridized carbons (Fsp3) is 0.562. The molecular weight excluding hydrogens is 310 g/mol. The van der Waals surface area contributed by atoms with Gasteiger partial charge >= 0.3 is 12.6 Å². The van der Waals surface area contributed by atoms with Crippen LogP contribution >= 0.6 is 0 Å². The minimum atomic E-state index is -2.83. The third-order valence-electron chi connectivity index (χ3n) is 3.68. The average Bonchev–Trinajstić information content (AvgIpc) is 3.28. The largest absolute Gasteiger partial charge is 0.494 e. The maximum atomic E-state index is 12.0. The van der Waals surface area contributed by atoms with Crippen LogP contribution in [0, 0.1) is 0 Å². The van der Waals surface area contributed by atoms with E-state index < -0.39 is 18.2 Å². The zero-order valence-corrected chi connectivity index (χ0v) is 12.7. The molecule has 0 spiro atoms. The molecule has 0 saturated carbocycles. The Kier molecular flexibility index (Phi) is 6.15. The van der Waals surface area contributed by atoms with Crippen molar-refractivity contribution in [2.45, 2.75) is 44.3 Å². The average molecular weight is 330 g/mol. The van der Waals surface area contributed by atoms with Gasteiger partial charge in [0.05, 0.1) is 13.2 Å². The summed E-state index contributed by atoms with van der Waals surface area (Å²) in [5, 5.41) is 8.94. The normalized spacial score (nSPS) is 19.6. The third kappa shape index (κ3) is 5.67. The van der Waals surface area contributed by atoms with E-state index in [0.29, 0.717) is 25.4 Å². The topological polar surface area (TPSA) is 68.3 Å². The summed E-state index contributed by atoms with van der Waals surface area (Å²) in [6.45, 7) is -1.99. The fourth-order valence-electron chi connectivity index (χ4n) is 2.24. The molecule has 1 heterocycles. The van der Waals surface area contributed by atoms with Crippen LogP contribution in [0.2, 0.25) is 0 Å². The number of aliphatic carboxylic acids is 1. The van der Waals surface area contributed by atoms with Crippen molar-refractivity contribution in [1.82, 2.24) is 0 Å². The fourth-order valence-corrected chi connectivity index (χ4v) is 2.24. The third-order valence-corrected chi connectivity index (χ3v) is 3.68. The Labute approximate surface area is 133 Å². The molecule has 1 aromatic rings. The second kappa shape index (κ2) is 8.10. The van der Waals surface area contributed by atoms with Crippen molar-refractivity contribution in [1.29, 1.82) is 0 Å². The summed E-state index contributed by atoms with van der Waals surface area (Å²) < 4.78 is 38.7. The molecule has 1 aromatic carbocycles. The van der Waals surface area contributed by atoms with Gasteiger partial charge in [0.15, 0.2) is 5.60 Å². The van der Waals surface area contributed by atoms with Crippen LogP contribution < -0.4 is 9.47 Å². The van der Waals surface area contributed by atoms with E-state index in [1.165, 1.54) is 12.1 Å². The van der Waals surface area contributed by atoms with E-state index in [1.54, 1.807) is 12.1 Å². The number of carbonyl (C=O) groups is 1. The highest BCUT2D eigenvalue weighted by atomic mass is 19.3. The highest BCUT2D eigenvalue weighted by Gasteiger charge is 2.51. The predicted molar refractivity (Wildman–Crippen MR) is 78.0 cm³/mol. The molecule has 23 heavy (non-hydrogen) atoms. The number of carboxylic acids is 1. The minimum Gasteiger partial charge on any atom is -0.494 e. The Morgan fingerprint density at radius 3 is 2.35 bits per heavy atom. The summed E-state index contributed by atoms with van der Waals surface area (Å²) in [4.78, 5) is 10.9. The Hall–Kier alpha value is -1.89. The standard InChI is InChI=1S/C16H20F2O5/c17-15(18)23-13-7-5-12(6-8-13)21-10-4-2-1-3-9-16(11-22-16)14(19)20/h5-8,15H,1-4,9-11H2,(H,19,20). The van der Waals surface area contributed by atoms with Crippen molar-refractivity contribution in [3.8, 4) is 11.5 Å². The van der Waals surface area contributed by atoms with E-state index in [-0.39, 0.29) is 5.75 Å². The van der Waals surface area contributed by atoms with Gasteiger partial charge in [-0.3, -0.25) is 0 Å². The van der Waals surface area contributed by atoms with Crippen LogP contribution in [0.5, 0.6) is 11.5 Å². The maximum absolute atomic E-state index is 12.0. The minimum absolute atomic E-state index is 0.0991. The summed E-state index contributed by atoms with van der Waals surface area (Å²) in [6.07, 6.45) is 4.06. The molecule has 0 aromatic heterocycles. The molecule has 0 aliphatic carbocycles. The monoisotopic (exact) mass is 330 g/mol. The van der Waals surface area contributed by atoms with Gasteiger partial charge in [-0.1, -0.05) is 12.8 Å². The summed E-state index contributed by atoms with van der Waals surface area (Å²) >= 11 is 0. The highest BCUT2D eigenvalue weighted by Crippen LogP contribution is 2.33. The van der Waals surface area contributed by atoms with Crippen molar-refractivity contribution in [2.24, 2.45) is 0 Å². The zero-order chi connectivity index (χ0) is 16.7. The first-order valence-corrected chi connectivity index (χ1v) is 7.57. The molecule has 1 fully saturated rings. The smallest absolute Gasteiger partial charge is 0.387 e. The number of rotatable bonds is 11. The van der Waals surface area contributed by atoms with E-state index >= 15 is 0 Å². The quantitative estimate of drug-likeness (QED) is 0.497. The molecule has 7 heteroatoms. The van der Waals surface area contributed by atoms with Crippen LogP contribution in [0.3, 0.4) is 0 Å². The number of epoxide rings is 1. The molecule has 1 saturated heterocycles. The number of ether oxygens (including phenoxy) is 3. The molecule has 1 N–H and O–H groups in total.